The molecule has 0 saturated carbocycles. The normalized spacial score (nSPS) is 9.60. The molecule has 0 aromatic heterocycles. The zero-order chi connectivity index (χ0) is 14.4. The molecule has 0 aliphatic carbocycles. The molecule has 1 N–H and O–H groups in total. The number of hydrogen-bond acceptors (Lipinski definition) is 3. The monoisotopic (exact) mass is 266 g/mol. The molecule has 0 fully saturated rings. The lowest BCUT2D eigenvalue weighted by molar-refractivity contribution is -0.115. The van der Waals surface area contributed by atoms with Crippen molar-refractivity contribution in [3.63, 3.8) is 0 Å². The molecule has 4 nitrogen and oxygen atoms in total. The minimum Gasteiger partial charge on any atom is -0.496 e. The maximum atomic E-state index is 11.3. The molecule has 20 heavy (non-hydrogen) atoms. The fraction of sp³-hybridized carbons (Fsp3) is 0.125. The molecule has 0 saturated heterocycles. The summed E-state index contributed by atoms with van der Waals surface area (Å²) in [7, 11) is 1.63. The van der Waals surface area contributed by atoms with Crippen molar-refractivity contribution in [3.8, 4) is 22.9 Å². The summed E-state index contributed by atoms with van der Waals surface area (Å²) in [6.45, 7) is 0. The first-order valence-electron chi connectivity index (χ1n) is 6.15. The molecule has 0 aliphatic heterocycles. The Morgan fingerprint density at radius 2 is 1.90 bits per heavy atom. The Bertz CT molecular complexity index is 642. The Labute approximate surface area is 117 Å². The first kappa shape index (κ1) is 13.6. The highest BCUT2D eigenvalue weighted by Gasteiger charge is 2.05. The average molecular weight is 266 g/mol. The lowest BCUT2D eigenvalue weighted by Crippen LogP contribution is -2.09. The second kappa shape index (κ2) is 6.39. The summed E-state index contributed by atoms with van der Waals surface area (Å²) < 4.78 is 5.32. The number of methoxy groups -OCH3 is 1. The molecule has 4 heteroatoms. The number of nitriles is 1. The summed E-state index contributed by atoms with van der Waals surface area (Å²) in [6.07, 6.45) is -0.145. The molecular formula is C16H14N2O2. The number of amides is 1. The molecule has 0 atom stereocenters. The average Bonchev–Trinajstić information content (AvgIpc) is 2.48. The van der Waals surface area contributed by atoms with E-state index in [1.165, 1.54) is 0 Å². The van der Waals surface area contributed by atoms with Crippen molar-refractivity contribution in [3.05, 3.63) is 48.5 Å². The third-order valence-electron chi connectivity index (χ3n) is 2.83. The predicted octanol–water partition coefficient (Wildman–Crippen LogP) is 3.21. The van der Waals surface area contributed by atoms with Crippen molar-refractivity contribution in [2.45, 2.75) is 6.42 Å². The zero-order valence-corrected chi connectivity index (χ0v) is 11.1. The molecule has 0 aliphatic rings. The summed E-state index contributed by atoms with van der Waals surface area (Å²) in [5.41, 5.74) is 2.66. The van der Waals surface area contributed by atoms with Crippen LogP contribution in [0.4, 0.5) is 5.69 Å². The van der Waals surface area contributed by atoms with Crippen LogP contribution in [0.3, 0.4) is 0 Å². The lowest BCUT2D eigenvalue weighted by atomic mass is 10.0. The van der Waals surface area contributed by atoms with Gasteiger partial charge in [-0.05, 0) is 23.8 Å². The van der Waals surface area contributed by atoms with Gasteiger partial charge in [-0.25, -0.2) is 0 Å². The van der Waals surface area contributed by atoms with Crippen LogP contribution in [-0.4, -0.2) is 13.0 Å². The van der Waals surface area contributed by atoms with Crippen molar-refractivity contribution in [1.29, 1.82) is 5.26 Å². The molecule has 2 rings (SSSR count). The second-order valence-electron chi connectivity index (χ2n) is 4.16. The van der Waals surface area contributed by atoms with Gasteiger partial charge in [0.15, 0.2) is 0 Å². The molecule has 0 spiro atoms. The Hall–Kier alpha value is -2.80. The fourth-order valence-corrected chi connectivity index (χ4v) is 1.89. The van der Waals surface area contributed by atoms with Crippen molar-refractivity contribution < 1.29 is 9.53 Å². The van der Waals surface area contributed by atoms with Gasteiger partial charge in [-0.1, -0.05) is 30.3 Å². The summed E-state index contributed by atoms with van der Waals surface area (Å²) in [5, 5.41) is 11.1. The number of nitrogens with zero attached hydrogens (tertiary/aromatic N) is 1. The largest absolute Gasteiger partial charge is 0.496 e. The summed E-state index contributed by atoms with van der Waals surface area (Å²) >= 11 is 0. The van der Waals surface area contributed by atoms with E-state index in [1.807, 2.05) is 42.5 Å². The van der Waals surface area contributed by atoms with Gasteiger partial charge < -0.3 is 10.1 Å². The number of ether oxygens (including phenoxy) is 1. The van der Waals surface area contributed by atoms with Gasteiger partial charge in [-0.3, -0.25) is 4.79 Å². The van der Waals surface area contributed by atoms with Gasteiger partial charge in [-0.2, -0.15) is 5.26 Å². The number of carbonyl (C=O) groups is 1. The van der Waals surface area contributed by atoms with Gasteiger partial charge in [-0.15, -0.1) is 0 Å². The third-order valence-corrected chi connectivity index (χ3v) is 2.83. The smallest absolute Gasteiger partial charge is 0.238 e. The van der Waals surface area contributed by atoms with Crippen LogP contribution in [0.15, 0.2) is 48.5 Å². The second-order valence-corrected chi connectivity index (χ2v) is 4.16. The van der Waals surface area contributed by atoms with Gasteiger partial charge >= 0.3 is 0 Å². The van der Waals surface area contributed by atoms with Gasteiger partial charge in [0.25, 0.3) is 0 Å². The van der Waals surface area contributed by atoms with Crippen LogP contribution in [0.2, 0.25) is 0 Å². The number of hydrogen-bond donors (Lipinski definition) is 1. The highest BCUT2D eigenvalue weighted by atomic mass is 16.5. The highest BCUT2D eigenvalue weighted by Crippen LogP contribution is 2.30. The lowest BCUT2D eigenvalue weighted by Gasteiger charge is -2.09. The van der Waals surface area contributed by atoms with Crippen molar-refractivity contribution in [1.82, 2.24) is 0 Å². The molecule has 0 unspecified atom stereocenters. The molecule has 0 bridgehead atoms. The number of para-hydroxylation sites is 1. The van der Waals surface area contributed by atoms with Crippen molar-refractivity contribution in [2.24, 2.45) is 0 Å². The third kappa shape index (κ3) is 3.15. The van der Waals surface area contributed by atoms with Crippen LogP contribution in [0.1, 0.15) is 6.42 Å². The van der Waals surface area contributed by atoms with E-state index in [9.17, 15) is 4.79 Å². The van der Waals surface area contributed by atoms with Crippen LogP contribution in [0.5, 0.6) is 5.75 Å². The number of nitrogens with one attached hydrogen (secondary N) is 1. The maximum absolute atomic E-state index is 11.3. The standard InChI is InChI=1S/C16H14N2O2/c1-20-15-5-3-2-4-14(15)12-6-8-13(9-7-12)18-16(19)10-11-17/h2-9H,10H2,1H3,(H,18,19). The van der Waals surface area contributed by atoms with Crippen LogP contribution < -0.4 is 10.1 Å². The first-order valence-corrected chi connectivity index (χ1v) is 6.15. The van der Waals surface area contributed by atoms with Crippen LogP contribution in [0, 0.1) is 11.3 Å². The van der Waals surface area contributed by atoms with E-state index in [0.29, 0.717) is 5.69 Å². The van der Waals surface area contributed by atoms with E-state index in [4.69, 9.17) is 10.00 Å². The van der Waals surface area contributed by atoms with Gasteiger partial charge in [0, 0.05) is 11.3 Å². The van der Waals surface area contributed by atoms with Gasteiger partial charge in [0.1, 0.15) is 12.2 Å². The van der Waals surface area contributed by atoms with E-state index >= 15 is 0 Å². The molecular weight excluding hydrogens is 252 g/mol. The molecule has 2 aromatic carbocycles. The van der Waals surface area contributed by atoms with E-state index in [2.05, 4.69) is 5.32 Å². The van der Waals surface area contributed by atoms with Crippen molar-refractivity contribution in [2.75, 3.05) is 12.4 Å². The molecule has 2 aromatic rings. The Morgan fingerprint density at radius 3 is 2.55 bits per heavy atom. The molecule has 100 valence electrons. The van der Waals surface area contributed by atoms with Crippen molar-refractivity contribution >= 4 is 11.6 Å². The summed E-state index contributed by atoms with van der Waals surface area (Å²) in [5.74, 6) is 0.492. The van der Waals surface area contributed by atoms with Gasteiger partial charge in [0.2, 0.25) is 5.91 Å². The summed E-state index contributed by atoms with van der Waals surface area (Å²) in [6, 6.07) is 17.0. The zero-order valence-electron chi connectivity index (χ0n) is 11.1. The number of anilines is 1. The topological polar surface area (TPSA) is 62.1 Å². The SMILES string of the molecule is COc1ccccc1-c1ccc(NC(=O)CC#N)cc1. The van der Waals surface area contributed by atoms with E-state index in [1.54, 1.807) is 19.2 Å². The number of rotatable bonds is 4. The Balaban J connectivity index is 2.20. The first-order chi connectivity index (χ1) is 9.74. The quantitative estimate of drug-likeness (QED) is 0.924. The fourth-order valence-electron chi connectivity index (χ4n) is 1.89. The van der Waals surface area contributed by atoms with Crippen LogP contribution in [-0.2, 0) is 4.79 Å². The predicted molar refractivity (Wildman–Crippen MR) is 77.3 cm³/mol. The van der Waals surface area contributed by atoms with Gasteiger partial charge in [0.05, 0.1) is 13.2 Å². The Morgan fingerprint density at radius 1 is 1.20 bits per heavy atom. The maximum Gasteiger partial charge on any atom is 0.238 e. The van der Waals surface area contributed by atoms with E-state index < -0.39 is 0 Å². The van der Waals surface area contributed by atoms with E-state index in [0.717, 1.165) is 16.9 Å². The Kier molecular flexibility index (Phi) is 4.35. The summed E-state index contributed by atoms with van der Waals surface area (Å²) in [4.78, 5) is 11.3. The minimum absolute atomic E-state index is 0.145. The molecule has 0 radical (unpaired) electrons. The number of carbonyl (C=O) groups excluding carboxylic acids is 1. The molecule has 1 amide bonds. The number of benzene rings is 2. The minimum atomic E-state index is -0.308. The van der Waals surface area contributed by atoms with Crippen LogP contribution in [0.25, 0.3) is 11.1 Å². The highest BCUT2D eigenvalue weighted by molar-refractivity contribution is 5.92. The van der Waals surface area contributed by atoms with E-state index in [-0.39, 0.29) is 12.3 Å². The molecule has 0 heterocycles. The van der Waals surface area contributed by atoms with Crippen LogP contribution >= 0.6 is 0 Å².